The molecule has 5 nitrogen and oxygen atoms in total. The third-order valence-corrected chi connectivity index (χ3v) is 5.35. The minimum Gasteiger partial charge on any atom is -0.463 e. The topological polar surface area (TPSA) is 57.3 Å². The molecule has 2 bridgehead atoms. The Kier molecular flexibility index (Phi) is 4.93. The predicted octanol–water partition coefficient (Wildman–Crippen LogP) is 3.16. The van der Waals surface area contributed by atoms with Gasteiger partial charge in [-0.1, -0.05) is 37.6 Å². The molecule has 25 heavy (non-hydrogen) atoms. The van der Waals surface area contributed by atoms with Gasteiger partial charge in [-0.05, 0) is 26.8 Å². The molecule has 1 spiro atoms. The van der Waals surface area contributed by atoms with E-state index in [4.69, 9.17) is 18.9 Å². The van der Waals surface area contributed by atoms with Gasteiger partial charge in [0.05, 0.1) is 25.4 Å². The molecule has 0 N–H and O–H groups in total. The van der Waals surface area contributed by atoms with Crippen LogP contribution in [0.2, 0.25) is 0 Å². The first-order chi connectivity index (χ1) is 11.8. The molecule has 0 amide bonds. The zero-order valence-corrected chi connectivity index (χ0v) is 15.7. The van der Waals surface area contributed by atoms with Crippen LogP contribution >= 0.6 is 0 Å². The fourth-order valence-electron chi connectivity index (χ4n) is 3.74. The molecule has 0 saturated carbocycles. The summed E-state index contributed by atoms with van der Waals surface area (Å²) in [5.41, 5.74) is 0.579. The first-order valence-electron chi connectivity index (χ1n) is 9.02. The van der Waals surface area contributed by atoms with E-state index < -0.39 is 11.4 Å². The van der Waals surface area contributed by atoms with Crippen molar-refractivity contribution in [3.05, 3.63) is 36.0 Å². The van der Waals surface area contributed by atoms with Crippen LogP contribution in [-0.4, -0.2) is 42.8 Å². The third kappa shape index (κ3) is 3.46. The molecule has 6 atom stereocenters. The summed E-state index contributed by atoms with van der Waals surface area (Å²) in [6, 6.07) is 0. The molecular weight excluding hydrogens is 320 g/mol. The number of allylic oxidation sites excluding steroid dienone is 2. The number of rotatable bonds is 5. The maximum Gasteiger partial charge on any atom is 0.330 e. The Hall–Kier alpha value is -1.43. The summed E-state index contributed by atoms with van der Waals surface area (Å²) in [7, 11) is 0. The number of esters is 1. The number of epoxide rings is 1. The fourth-order valence-corrected chi connectivity index (χ4v) is 3.74. The molecular formula is C20H28O5. The van der Waals surface area contributed by atoms with Crippen molar-refractivity contribution in [2.24, 2.45) is 11.8 Å². The number of ether oxygens (including phenoxy) is 4. The van der Waals surface area contributed by atoms with E-state index in [9.17, 15) is 4.79 Å². The maximum atomic E-state index is 11.4. The van der Waals surface area contributed by atoms with Gasteiger partial charge in [-0.25, -0.2) is 4.79 Å². The van der Waals surface area contributed by atoms with Crippen molar-refractivity contribution in [1.82, 2.24) is 0 Å². The van der Waals surface area contributed by atoms with Gasteiger partial charge in [0, 0.05) is 17.9 Å². The molecule has 0 aromatic heterocycles. The van der Waals surface area contributed by atoms with Crippen molar-refractivity contribution in [3.63, 3.8) is 0 Å². The molecule has 0 aromatic carbocycles. The molecule has 3 heterocycles. The maximum absolute atomic E-state index is 11.4. The summed E-state index contributed by atoms with van der Waals surface area (Å²) in [4.78, 5) is 11.4. The van der Waals surface area contributed by atoms with Crippen molar-refractivity contribution >= 4 is 5.97 Å². The number of fused-ring (bicyclic) bond motifs is 3. The summed E-state index contributed by atoms with van der Waals surface area (Å²) in [5.74, 6) is -0.651. The highest BCUT2D eigenvalue weighted by Crippen LogP contribution is 2.51. The second-order valence-electron chi connectivity index (χ2n) is 7.36. The molecule has 3 rings (SSSR count). The molecule has 0 radical (unpaired) electrons. The van der Waals surface area contributed by atoms with Crippen LogP contribution in [-0.2, 0) is 23.7 Å². The number of hydrogen-bond donors (Lipinski definition) is 0. The van der Waals surface area contributed by atoms with Crippen molar-refractivity contribution in [2.45, 2.75) is 58.2 Å². The SMILES string of the molecule is CCOC(=O)/C=C/C(C)=C/[C@@H](C)[C@H]1OC2(C)O[C@@H](C=C[C@@]23CO3)C1C. The lowest BCUT2D eigenvalue weighted by Gasteiger charge is -2.51. The molecule has 3 aliphatic rings. The van der Waals surface area contributed by atoms with E-state index in [0.717, 1.165) is 5.57 Å². The standard InChI is InChI=1S/C20H28O5/c1-6-22-17(21)8-7-13(2)11-14(3)18-15(4)16-9-10-20(12-23-20)19(5,24-16)25-18/h7-11,14-16,18H,6,12H2,1-5H3/b8-7+,13-11+/t14-,15?,16+,18-,19?,20-/m1/s1. The summed E-state index contributed by atoms with van der Waals surface area (Å²) >= 11 is 0. The Bertz CT molecular complexity index is 616. The third-order valence-electron chi connectivity index (χ3n) is 5.35. The van der Waals surface area contributed by atoms with Gasteiger partial charge in [0.2, 0.25) is 5.79 Å². The van der Waals surface area contributed by atoms with Crippen LogP contribution in [0.25, 0.3) is 0 Å². The zero-order chi connectivity index (χ0) is 18.2. The summed E-state index contributed by atoms with van der Waals surface area (Å²) in [5, 5.41) is 0. The van der Waals surface area contributed by atoms with Gasteiger partial charge in [-0.3, -0.25) is 0 Å². The fraction of sp³-hybridized carbons (Fsp3) is 0.650. The van der Waals surface area contributed by atoms with Crippen LogP contribution in [0.5, 0.6) is 0 Å². The molecule has 2 fully saturated rings. The molecule has 3 aliphatic heterocycles. The van der Waals surface area contributed by atoms with Gasteiger partial charge in [-0.2, -0.15) is 0 Å². The molecule has 2 unspecified atom stereocenters. The molecule has 5 heteroatoms. The minimum absolute atomic E-state index is 0.0146. The Morgan fingerprint density at radius 1 is 1.40 bits per heavy atom. The first kappa shape index (κ1) is 18.4. The Morgan fingerprint density at radius 3 is 2.76 bits per heavy atom. The van der Waals surface area contributed by atoms with Crippen molar-refractivity contribution < 1.29 is 23.7 Å². The highest BCUT2D eigenvalue weighted by molar-refractivity contribution is 5.82. The van der Waals surface area contributed by atoms with E-state index in [2.05, 4.69) is 32.1 Å². The largest absolute Gasteiger partial charge is 0.463 e. The van der Waals surface area contributed by atoms with Crippen LogP contribution in [0.3, 0.4) is 0 Å². The molecule has 0 aliphatic carbocycles. The Labute approximate surface area is 149 Å². The van der Waals surface area contributed by atoms with E-state index in [1.807, 2.05) is 13.8 Å². The monoisotopic (exact) mass is 348 g/mol. The normalized spacial score (nSPS) is 41.2. The summed E-state index contributed by atoms with van der Waals surface area (Å²) in [6.07, 6.45) is 9.63. The van der Waals surface area contributed by atoms with Gasteiger partial charge in [-0.15, -0.1) is 0 Å². The molecule has 0 aromatic rings. The van der Waals surface area contributed by atoms with Crippen LogP contribution in [0, 0.1) is 11.8 Å². The average molecular weight is 348 g/mol. The number of carbonyl (C=O) groups is 1. The van der Waals surface area contributed by atoms with E-state index in [1.165, 1.54) is 6.08 Å². The lowest BCUT2D eigenvalue weighted by Crippen LogP contribution is -2.61. The lowest BCUT2D eigenvalue weighted by molar-refractivity contribution is -0.346. The van der Waals surface area contributed by atoms with E-state index >= 15 is 0 Å². The van der Waals surface area contributed by atoms with Gasteiger partial charge >= 0.3 is 5.97 Å². The Balaban J connectivity index is 1.71. The number of carbonyl (C=O) groups excluding carboxylic acids is 1. The second kappa shape index (κ2) is 6.71. The second-order valence-corrected chi connectivity index (χ2v) is 7.36. The molecule has 138 valence electrons. The van der Waals surface area contributed by atoms with E-state index in [-0.39, 0.29) is 30.0 Å². The summed E-state index contributed by atoms with van der Waals surface area (Å²) in [6.45, 7) is 11.1. The van der Waals surface area contributed by atoms with Crippen LogP contribution < -0.4 is 0 Å². The van der Waals surface area contributed by atoms with Crippen molar-refractivity contribution in [1.29, 1.82) is 0 Å². The van der Waals surface area contributed by atoms with Crippen LogP contribution in [0.1, 0.15) is 34.6 Å². The van der Waals surface area contributed by atoms with Gasteiger partial charge in [0.1, 0.15) is 0 Å². The number of hydrogen-bond acceptors (Lipinski definition) is 5. The Morgan fingerprint density at radius 2 is 2.12 bits per heavy atom. The van der Waals surface area contributed by atoms with E-state index in [1.54, 1.807) is 13.0 Å². The highest BCUT2D eigenvalue weighted by Gasteiger charge is 2.65. The summed E-state index contributed by atoms with van der Waals surface area (Å²) < 4.78 is 23.1. The van der Waals surface area contributed by atoms with Gasteiger partial charge < -0.3 is 18.9 Å². The van der Waals surface area contributed by atoms with Crippen molar-refractivity contribution in [2.75, 3.05) is 13.2 Å². The van der Waals surface area contributed by atoms with Gasteiger partial charge in [0.25, 0.3) is 0 Å². The van der Waals surface area contributed by atoms with Crippen molar-refractivity contribution in [3.8, 4) is 0 Å². The quantitative estimate of drug-likeness (QED) is 0.251. The average Bonchev–Trinajstić information content (AvgIpc) is 3.34. The lowest BCUT2D eigenvalue weighted by atomic mass is 9.82. The predicted molar refractivity (Wildman–Crippen MR) is 93.8 cm³/mol. The van der Waals surface area contributed by atoms with Gasteiger partial charge in [0.15, 0.2) is 5.60 Å². The zero-order valence-electron chi connectivity index (χ0n) is 15.7. The molecule has 2 saturated heterocycles. The van der Waals surface area contributed by atoms with Crippen LogP contribution in [0.4, 0.5) is 0 Å². The smallest absolute Gasteiger partial charge is 0.330 e. The first-order valence-corrected chi connectivity index (χ1v) is 9.02. The highest BCUT2D eigenvalue weighted by atomic mass is 16.8. The minimum atomic E-state index is -0.736. The van der Waals surface area contributed by atoms with Crippen LogP contribution in [0.15, 0.2) is 36.0 Å². The van der Waals surface area contributed by atoms with E-state index in [0.29, 0.717) is 13.2 Å².